The number of alkyl halides is 3. The van der Waals surface area contributed by atoms with Crippen LogP contribution in [-0.2, 0) is 20.9 Å². The van der Waals surface area contributed by atoms with E-state index < -0.39 is 29.7 Å². The van der Waals surface area contributed by atoms with E-state index >= 15 is 0 Å². The Labute approximate surface area is 206 Å². The van der Waals surface area contributed by atoms with Crippen molar-refractivity contribution in [3.63, 3.8) is 0 Å². The third kappa shape index (κ3) is 6.62. The Bertz CT molecular complexity index is 1060. The highest BCUT2D eigenvalue weighted by Crippen LogP contribution is 2.45. The van der Waals surface area contributed by atoms with E-state index in [1.54, 1.807) is 31.7 Å². The van der Waals surface area contributed by atoms with Gasteiger partial charge in [0.2, 0.25) is 0 Å². The van der Waals surface area contributed by atoms with E-state index in [-0.39, 0.29) is 29.1 Å². The summed E-state index contributed by atoms with van der Waals surface area (Å²) in [5, 5.41) is 12.2. The van der Waals surface area contributed by atoms with Crippen LogP contribution in [0.25, 0.3) is 0 Å². The summed E-state index contributed by atoms with van der Waals surface area (Å²) in [6.45, 7) is 7.37. The molecule has 1 aromatic rings. The summed E-state index contributed by atoms with van der Waals surface area (Å²) in [5.74, 6) is -1.60. The van der Waals surface area contributed by atoms with E-state index in [2.05, 4.69) is 16.1 Å². The van der Waals surface area contributed by atoms with Crippen LogP contribution in [0.3, 0.4) is 0 Å². The fraction of sp³-hybridized carbons (Fsp3) is 0.440. The average Bonchev–Trinajstić information content (AvgIpc) is 3.15. The molecule has 1 amide bonds. The molecule has 0 fully saturated rings. The highest BCUT2D eigenvalue weighted by Gasteiger charge is 2.39. The maximum Gasteiger partial charge on any atom is 0.573 e. The van der Waals surface area contributed by atoms with Gasteiger partial charge in [0.05, 0.1) is 10.8 Å². The largest absolute Gasteiger partial charge is 0.573 e. The van der Waals surface area contributed by atoms with Crippen LogP contribution < -0.4 is 10.1 Å². The molecule has 10 heteroatoms. The van der Waals surface area contributed by atoms with Crippen LogP contribution in [0.2, 0.25) is 0 Å². The number of allylic oxidation sites excluding steroid dienone is 3. The standard InChI is InChI=1S/C25H28F3NO5S/c1-5-24(3,4)21(23(31)32)29-22(30)18-11-8-16-12-14(2)35-20(16)19(18)33-13-15-6-9-17(10-7-15)34-25(26,27)28/h6-12,16,20-21H,5,13H2,1-4H3,(H,29,30)(H,31,32). The minimum Gasteiger partial charge on any atom is -0.491 e. The van der Waals surface area contributed by atoms with Crippen molar-refractivity contribution in [1.29, 1.82) is 0 Å². The molecule has 190 valence electrons. The van der Waals surface area contributed by atoms with Crippen molar-refractivity contribution < 1.29 is 37.3 Å². The fourth-order valence-corrected chi connectivity index (χ4v) is 5.07. The quantitative estimate of drug-likeness (QED) is 0.451. The third-order valence-corrected chi connectivity index (χ3v) is 7.40. The lowest BCUT2D eigenvalue weighted by Crippen LogP contribution is -2.50. The van der Waals surface area contributed by atoms with Crippen molar-refractivity contribution in [2.24, 2.45) is 11.3 Å². The van der Waals surface area contributed by atoms with Gasteiger partial charge in [-0.25, -0.2) is 4.79 Å². The Hall–Kier alpha value is -2.88. The zero-order valence-corrected chi connectivity index (χ0v) is 20.6. The number of amides is 1. The molecule has 3 rings (SSSR count). The predicted molar refractivity (Wildman–Crippen MR) is 126 cm³/mol. The second-order valence-corrected chi connectivity index (χ2v) is 10.5. The maximum atomic E-state index is 13.2. The Kier molecular flexibility index (Phi) is 7.93. The lowest BCUT2D eigenvalue weighted by molar-refractivity contribution is -0.274. The Balaban J connectivity index is 1.83. The molecule has 1 heterocycles. The minimum absolute atomic E-state index is 0.0106. The van der Waals surface area contributed by atoms with Gasteiger partial charge in [-0.3, -0.25) is 4.79 Å². The second kappa shape index (κ2) is 10.4. The lowest BCUT2D eigenvalue weighted by Gasteiger charge is -2.32. The van der Waals surface area contributed by atoms with Gasteiger partial charge < -0.3 is 19.9 Å². The molecule has 1 aromatic carbocycles. The number of aliphatic carboxylic acids is 1. The first-order chi connectivity index (χ1) is 16.3. The van der Waals surface area contributed by atoms with Gasteiger partial charge in [-0.2, -0.15) is 0 Å². The summed E-state index contributed by atoms with van der Waals surface area (Å²) in [6.07, 6.45) is 1.35. The van der Waals surface area contributed by atoms with Crippen LogP contribution in [0.1, 0.15) is 39.7 Å². The minimum atomic E-state index is -4.78. The molecule has 3 unspecified atom stereocenters. The monoisotopic (exact) mass is 511 g/mol. The molecule has 0 bridgehead atoms. The van der Waals surface area contributed by atoms with Gasteiger partial charge in [0.15, 0.2) is 0 Å². The van der Waals surface area contributed by atoms with Crippen molar-refractivity contribution in [1.82, 2.24) is 5.32 Å². The Morgan fingerprint density at radius 2 is 1.86 bits per heavy atom. The van der Waals surface area contributed by atoms with Crippen molar-refractivity contribution in [2.45, 2.75) is 58.4 Å². The summed E-state index contributed by atoms with van der Waals surface area (Å²) in [4.78, 5) is 26.2. The first-order valence-corrected chi connectivity index (χ1v) is 12.0. The molecule has 1 aliphatic carbocycles. The number of carboxylic acids is 1. The van der Waals surface area contributed by atoms with Gasteiger partial charge in [0.1, 0.15) is 24.2 Å². The van der Waals surface area contributed by atoms with Crippen LogP contribution >= 0.6 is 11.8 Å². The molecular formula is C25H28F3NO5S. The number of benzene rings is 1. The van der Waals surface area contributed by atoms with E-state index in [9.17, 15) is 27.9 Å². The van der Waals surface area contributed by atoms with Crippen LogP contribution in [0.5, 0.6) is 5.75 Å². The van der Waals surface area contributed by atoms with Gasteiger partial charge in [0, 0.05) is 5.92 Å². The molecular weight excluding hydrogens is 483 g/mol. The van der Waals surface area contributed by atoms with Crippen molar-refractivity contribution in [3.8, 4) is 5.75 Å². The van der Waals surface area contributed by atoms with Gasteiger partial charge in [-0.15, -0.1) is 24.9 Å². The van der Waals surface area contributed by atoms with E-state index in [4.69, 9.17) is 4.74 Å². The highest BCUT2D eigenvalue weighted by atomic mass is 32.2. The smallest absolute Gasteiger partial charge is 0.491 e. The number of carboxylic acid groups (broad SMARTS) is 1. The second-order valence-electron chi connectivity index (χ2n) is 9.10. The Morgan fingerprint density at radius 1 is 1.20 bits per heavy atom. The van der Waals surface area contributed by atoms with E-state index in [1.165, 1.54) is 24.3 Å². The number of hydrogen-bond donors (Lipinski definition) is 2. The first-order valence-electron chi connectivity index (χ1n) is 11.1. The van der Waals surface area contributed by atoms with Gasteiger partial charge in [0.25, 0.3) is 5.91 Å². The number of thioether (sulfide) groups is 1. The number of ether oxygens (including phenoxy) is 2. The van der Waals surface area contributed by atoms with E-state index in [1.807, 2.05) is 19.9 Å². The SMILES string of the molecule is CCC(C)(C)C(NC(=O)C1=C(OCc2ccc(OC(F)(F)F)cc2)C2SC(C)=CC2C=C1)C(=O)O. The van der Waals surface area contributed by atoms with Crippen LogP contribution in [0, 0.1) is 11.3 Å². The molecule has 35 heavy (non-hydrogen) atoms. The van der Waals surface area contributed by atoms with Crippen LogP contribution in [0.15, 0.2) is 58.7 Å². The molecule has 0 radical (unpaired) electrons. The number of halogens is 3. The molecule has 0 saturated heterocycles. The molecule has 0 saturated carbocycles. The number of fused-ring (bicyclic) bond motifs is 1. The third-order valence-electron chi connectivity index (χ3n) is 6.11. The van der Waals surface area contributed by atoms with Gasteiger partial charge in [-0.05, 0) is 47.4 Å². The number of nitrogens with one attached hydrogen (secondary N) is 1. The van der Waals surface area contributed by atoms with Gasteiger partial charge in [-0.1, -0.05) is 45.1 Å². The van der Waals surface area contributed by atoms with Crippen molar-refractivity contribution in [3.05, 3.63) is 64.3 Å². The molecule has 1 aliphatic heterocycles. The molecule has 6 nitrogen and oxygen atoms in total. The zero-order valence-electron chi connectivity index (χ0n) is 19.8. The van der Waals surface area contributed by atoms with E-state index in [0.717, 1.165) is 4.91 Å². The van der Waals surface area contributed by atoms with Crippen LogP contribution in [0.4, 0.5) is 13.2 Å². The summed E-state index contributed by atoms with van der Waals surface area (Å²) >= 11 is 1.54. The summed E-state index contributed by atoms with van der Waals surface area (Å²) in [7, 11) is 0. The summed E-state index contributed by atoms with van der Waals surface area (Å²) < 4.78 is 47.2. The van der Waals surface area contributed by atoms with Crippen molar-refractivity contribution >= 4 is 23.6 Å². The predicted octanol–water partition coefficient (Wildman–Crippen LogP) is 5.57. The van der Waals surface area contributed by atoms with Crippen molar-refractivity contribution in [2.75, 3.05) is 0 Å². The first kappa shape index (κ1) is 26.7. The normalized spacial score (nSPS) is 20.7. The molecule has 3 atom stereocenters. The number of rotatable bonds is 9. The maximum absolute atomic E-state index is 13.2. The zero-order chi connectivity index (χ0) is 26.0. The molecule has 2 aliphatic rings. The highest BCUT2D eigenvalue weighted by molar-refractivity contribution is 8.04. The molecule has 0 spiro atoms. The summed E-state index contributed by atoms with van der Waals surface area (Å²) in [5.41, 5.74) is 0.142. The van der Waals surface area contributed by atoms with Gasteiger partial charge >= 0.3 is 12.3 Å². The lowest BCUT2D eigenvalue weighted by atomic mass is 9.81. The number of carbonyl (C=O) groups is 2. The molecule has 2 N–H and O–H groups in total. The number of carbonyl (C=O) groups excluding carboxylic acids is 1. The van der Waals surface area contributed by atoms with E-state index in [0.29, 0.717) is 17.7 Å². The fourth-order valence-electron chi connectivity index (χ4n) is 3.80. The van der Waals surface area contributed by atoms with Crippen LogP contribution in [-0.4, -0.2) is 34.6 Å². The molecule has 0 aromatic heterocycles. The average molecular weight is 512 g/mol. The number of hydrogen-bond acceptors (Lipinski definition) is 5. The Morgan fingerprint density at radius 3 is 2.43 bits per heavy atom. The summed E-state index contributed by atoms with van der Waals surface area (Å²) in [6, 6.07) is 4.19. The topological polar surface area (TPSA) is 84.9 Å².